The molecule has 8 heteroatoms. The Balaban J connectivity index is 1.32. The highest BCUT2D eigenvalue weighted by Gasteiger charge is 2.13. The molecule has 1 saturated heterocycles. The lowest BCUT2D eigenvalue weighted by atomic mass is 10.3. The Morgan fingerprint density at radius 1 is 1.19 bits per heavy atom. The van der Waals surface area contributed by atoms with Crippen molar-refractivity contribution in [2.24, 2.45) is 0 Å². The lowest BCUT2D eigenvalue weighted by Gasteiger charge is -2.26. The minimum atomic E-state index is 0.641. The van der Waals surface area contributed by atoms with Crippen LogP contribution in [0.2, 0.25) is 0 Å². The van der Waals surface area contributed by atoms with Crippen LogP contribution in [-0.4, -0.2) is 53.3 Å². The molecule has 0 radical (unpaired) electrons. The van der Waals surface area contributed by atoms with Crippen LogP contribution in [0, 0.1) is 0 Å². The Morgan fingerprint density at radius 2 is 2.00 bits per heavy atom. The Kier molecular flexibility index (Phi) is 4.94. The molecule has 3 heterocycles. The summed E-state index contributed by atoms with van der Waals surface area (Å²) in [4.78, 5) is 18.9. The van der Waals surface area contributed by atoms with Crippen molar-refractivity contribution in [3.8, 4) is 5.75 Å². The van der Waals surface area contributed by atoms with Crippen molar-refractivity contribution in [3.05, 3.63) is 42.0 Å². The number of benzene rings is 1. The topological polar surface area (TPSA) is 88.2 Å². The first kappa shape index (κ1) is 16.7. The number of morpholine rings is 1. The lowest BCUT2D eigenvalue weighted by molar-refractivity contribution is 0.122. The third-order valence-electron chi connectivity index (χ3n) is 4.35. The second-order valence-electron chi connectivity index (χ2n) is 6.16. The molecule has 0 unspecified atom stereocenters. The van der Waals surface area contributed by atoms with E-state index < -0.39 is 0 Å². The van der Waals surface area contributed by atoms with Crippen molar-refractivity contribution in [2.45, 2.75) is 13.1 Å². The molecule has 2 aromatic heterocycles. The van der Waals surface area contributed by atoms with E-state index in [1.165, 1.54) is 0 Å². The van der Waals surface area contributed by atoms with E-state index in [4.69, 9.17) is 9.47 Å². The number of aromatic amines is 1. The van der Waals surface area contributed by atoms with Gasteiger partial charge in [0.25, 0.3) is 0 Å². The summed E-state index contributed by atoms with van der Waals surface area (Å²) in [5, 5.41) is 3.37. The molecule has 0 aliphatic carbocycles. The lowest BCUT2D eigenvalue weighted by Crippen LogP contribution is -2.37. The van der Waals surface area contributed by atoms with E-state index in [1.54, 1.807) is 7.11 Å². The molecule has 8 nitrogen and oxygen atoms in total. The Morgan fingerprint density at radius 3 is 2.77 bits per heavy atom. The molecule has 0 bridgehead atoms. The molecule has 26 heavy (non-hydrogen) atoms. The molecule has 2 N–H and O–H groups in total. The van der Waals surface area contributed by atoms with Gasteiger partial charge in [-0.3, -0.25) is 0 Å². The van der Waals surface area contributed by atoms with Gasteiger partial charge in [-0.05, 0) is 12.1 Å². The largest absolute Gasteiger partial charge is 0.497 e. The average molecular weight is 354 g/mol. The summed E-state index contributed by atoms with van der Waals surface area (Å²) in [5.41, 5.74) is 2.94. The molecule has 0 saturated carbocycles. The molecule has 1 aliphatic rings. The van der Waals surface area contributed by atoms with Crippen molar-refractivity contribution in [3.63, 3.8) is 0 Å². The van der Waals surface area contributed by atoms with Crippen molar-refractivity contribution in [1.82, 2.24) is 25.3 Å². The molecule has 3 aromatic rings. The van der Waals surface area contributed by atoms with E-state index in [0.717, 1.165) is 60.4 Å². The minimum absolute atomic E-state index is 0.641. The van der Waals surface area contributed by atoms with E-state index in [2.05, 4.69) is 30.2 Å². The first-order valence-electron chi connectivity index (χ1n) is 8.69. The Bertz CT molecular complexity index is 858. The van der Waals surface area contributed by atoms with E-state index in [1.807, 2.05) is 30.6 Å². The van der Waals surface area contributed by atoms with Crippen LogP contribution in [0.1, 0.15) is 11.4 Å². The van der Waals surface area contributed by atoms with Gasteiger partial charge in [0, 0.05) is 43.7 Å². The normalized spacial score (nSPS) is 14.7. The molecule has 136 valence electrons. The molecule has 0 atom stereocenters. The maximum Gasteiger partial charge on any atom is 0.225 e. The van der Waals surface area contributed by atoms with Gasteiger partial charge in [0.05, 0.1) is 37.9 Å². The Hall–Kier alpha value is -2.71. The fourth-order valence-corrected chi connectivity index (χ4v) is 2.94. The number of hydrogen-bond acceptors (Lipinski definition) is 7. The van der Waals surface area contributed by atoms with Gasteiger partial charge in [0.1, 0.15) is 11.6 Å². The van der Waals surface area contributed by atoms with Crippen LogP contribution in [-0.2, 0) is 17.8 Å². The van der Waals surface area contributed by atoms with E-state index in [-0.39, 0.29) is 0 Å². The van der Waals surface area contributed by atoms with Crippen LogP contribution in [0.5, 0.6) is 5.75 Å². The smallest absolute Gasteiger partial charge is 0.225 e. The summed E-state index contributed by atoms with van der Waals surface area (Å²) in [6.07, 6.45) is 3.74. The first-order chi connectivity index (χ1) is 12.8. The minimum Gasteiger partial charge on any atom is -0.497 e. The molecular weight excluding hydrogens is 332 g/mol. The quantitative estimate of drug-likeness (QED) is 0.693. The van der Waals surface area contributed by atoms with Crippen LogP contribution in [0.3, 0.4) is 0 Å². The van der Waals surface area contributed by atoms with E-state index in [0.29, 0.717) is 13.1 Å². The van der Waals surface area contributed by atoms with Gasteiger partial charge in [0.15, 0.2) is 0 Å². The zero-order valence-electron chi connectivity index (χ0n) is 14.7. The highest BCUT2D eigenvalue weighted by atomic mass is 16.5. The SMILES string of the molecule is COc1ccc2nc(CNCc3cnc(N4CCOCC4)nc3)[nH]c2c1. The summed E-state index contributed by atoms with van der Waals surface area (Å²) in [6, 6.07) is 5.81. The maximum atomic E-state index is 5.35. The summed E-state index contributed by atoms with van der Waals surface area (Å²) in [5.74, 6) is 2.47. The second kappa shape index (κ2) is 7.67. The molecule has 0 amide bonds. The molecule has 1 aliphatic heterocycles. The van der Waals surface area contributed by atoms with Crippen molar-refractivity contribution in [1.29, 1.82) is 0 Å². The highest BCUT2D eigenvalue weighted by Crippen LogP contribution is 2.18. The number of nitrogens with one attached hydrogen (secondary N) is 2. The van der Waals surface area contributed by atoms with Gasteiger partial charge in [-0.25, -0.2) is 15.0 Å². The number of anilines is 1. The van der Waals surface area contributed by atoms with Gasteiger partial charge >= 0.3 is 0 Å². The number of ether oxygens (including phenoxy) is 2. The molecule has 4 rings (SSSR count). The van der Waals surface area contributed by atoms with E-state index >= 15 is 0 Å². The summed E-state index contributed by atoms with van der Waals surface area (Å²) >= 11 is 0. The third kappa shape index (κ3) is 3.76. The van der Waals surface area contributed by atoms with Gasteiger partial charge in [-0.2, -0.15) is 0 Å². The predicted octanol–water partition coefficient (Wildman–Crippen LogP) is 1.49. The number of imidazole rings is 1. The zero-order chi connectivity index (χ0) is 17.8. The van der Waals surface area contributed by atoms with Crippen molar-refractivity contribution < 1.29 is 9.47 Å². The fourth-order valence-electron chi connectivity index (χ4n) is 2.94. The monoisotopic (exact) mass is 354 g/mol. The van der Waals surface area contributed by atoms with E-state index in [9.17, 15) is 0 Å². The molecule has 1 aromatic carbocycles. The predicted molar refractivity (Wildman–Crippen MR) is 98.3 cm³/mol. The number of hydrogen-bond donors (Lipinski definition) is 2. The second-order valence-corrected chi connectivity index (χ2v) is 6.16. The molecular formula is C18H22N6O2. The Labute approximate surface area is 151 Å². The van der Waals surface area contributed by atoms with Crippen molar-refractivity contribution >= 4 is 17.0 Å². The average Bonchev–Trinajstić information content (AvgIpc) is 3.11. The molecule has 1 fully saturated rings. The number of rotatable bonds is 6. The number of methoxy groups -OCH3 is 1. The number of aromatic nitrogens is 4. The highest BCUT2D eigenvalue weighted by molar-refractivity contribution is 5.76. The van der Waals surface area contributed by atoms with Crippen LogP contribution < -0.4 is 15.0 Å². The standard InChI is InChI=1S/C18H22N6O2/c1-25-14-2-3-15-16(8-14)23-17(22-15)12-19-9-13-10-20-18(21-11-13)24-4-6-26-7-5-24/h2-3,8,10-11,19H,4-7,9,12H2,1H3,(H,22,23). The number of fused-ring (bicyclic) bond motifs is 1. The third-order valence-corrected chi connectivity index (χ3v) is 4.35. The van der Waals surface area contributed by atoms with Gasteiger partial charge in [-0.15, -0.1) is 0 Å². The van der Waals surface area contributed by atoms with Crippen LogP contribution in [0.4, 0.5) is 5.95 Å². The summed E-state index contributed by atoms with van der Waals surface area (Å²) in [6.45, 7) is 4.47. The zero-order valence-corrected chi connectivity index (χ0v) is 14.7. The number of H-pyrrole nitrogens is 1. The van der Waals surface area contributed by atoms with Crippen LogP contribution in [0.25, 0.3) is 11.0 Å². The molecule has 0 spiro atoms. The summed E-state index contributed by atoms with van der Waals surface area (Å²) < 4.78 is 10.6. The number of nitrogens with zero attached hydrogens (tertiary/aromatic N) is 4. The summed E-state index contributed by atoms with van der Waals surface area (Å²) in [7, 11) is 1.66. The van der Waals surface area contributed by atoms with Gasteiger partial charge in [-0.1, -0.05) is 0 Å². The van der Waals surface area contributed by atoms with Crippen LogP contribution in [0.15, 0.2) is 30.6 Å². The van der Waals surface area contributed by atoms with Crippen molar-refractivity contribution in [2.75, 3.05) is 38.3 Å². The van der Waals surface area contributed by atoms with Gasteiger partial charge in [0.2, 0.25) is 5.95 Å². The maximum absolute atomic E-state index is 5.35. The fraction of sp³-hybridized carbons (Fsp3) is 0.389. The first-order valence-corrected chi connectivity index (χ1v) is 8.69. The van der Waals surface area contributed by atoms with Crippen LogP contribution >= 0.6 is 0 Å². The van der Waals surface area contributed by atoms with Gasteiger partial charge < -0.3 is 24.7 Å².